The third-order valence-electron chi connectivity index (χ3n) is 7.08. The molecule has 12 nitrogen and oxygen atoms in total. The molecule has 1 aromatic carbocycles. The van der Waals surface area contributed by atoms with Crippen LogP contribution in [-0.4, -0.2) is 65.3 Å². The highest BCUT2D eigenvalue weighted by Gasteiger charge is 2.49. The Hall–Kier alpha value is -3.77. The number of hydrogen-bond acceptors (Lipinski definition) is 10. The highest BCUT2D eigenvalue weighted by molar-refractivity contribution is 6.32. The Morgan fingerprint density at radius 2 is 1.92 bits per heavy atom. The van der Waals surface area contributed by atoms with Crippen molar-refractivity contribution in [2.24, 2.45) is 5.41 Å². The van der Waals surface area contributed by atoms with Crippen LogP contribution in [-0.2, 0) is 6.54 Å². The molecule has 1 spiro atoms. The first-order chi connectivity index (χ1) is 18.9. The number of benzene rings is 1. The van der Waals surface area contributed by atoms with Gasteiger partial charge in [0.25, 0.3) is 5.88 Å². The molecule has 13 heteroatoms. The zero-order chi connectivity index (χ0) is 27.0. The molecule has 2 aliphatic rings. The summed E-state index contributed by atoms with van der Waals surface area (Å²) in [4.78, 5) is 9.09. The van der Waals surface area contributed by atoms with Gasteiger partial charge in [0, 0.05) is 31.0 Å². The van der Waals surface area contributed by atoms with Crippen LogP contribution < -0.4 is 20.1 Å². The number of nitrogens with one attached hydrogen (secondary N) is 2. The molecular formula is C26H31ClN10O2. The summed E-state index contributed by atoms with van der Waals surface area (Å²) in [6.45, 7) is 8.61. The normalized spacial score (nSPS) is 17.1. The summed E-state index contributed by atoms with van der Waals surface area (Å²) in [5.41, 5.74) is 2.93. The van der Waals surface area contributed by atoms with Crippen LogP contribution in [0.15, 0.2) is 43.1 Å². The van der Waals surface area contributed by atoms with Gasteiger partial charge in [-0.25, -0.2) is 14.6 Å². The third kappa shape index (κ3) is 5.52. The van der Waals surface area contributed by atoms with Gasteiger partial charge in [-0.3, -0.25) is 4.68 Å². The van der Waals surface area contributed by atoms with Gasteiger partial charge < -0.3 is 20.1 Å². The minimum absolute atomic E-state index is 0.00215. The SMILES string of the molecule is CC(C)Oc1nn(C2CC3(CNC3)C2)cc1Nc1ncc(-c2ccc(Cl)c(O[C@@H](C)Cn3cnnn3)c2)cn1. The lowest BCUT2D eigenvalue weighted by molar-refractivity contribution is 0.00176. The van der Waals surface area contributed by atoms with E-state index >= 15 is 0 Å². The van der Waals surface area contributed by atoms with Gasteiger partial charge in [0.05, 0.1) is 29.9 Å². The summed E-state index contributed by atoms with van der Waals surface area (Å²) in [6, 6.07) is 5.98. The number of halogens is 1. The number of tetrazole rings is 1. The number of hydrogen-bond donors (Lipinski definition) is 2. The quantitative estimate of drug-likeness (QED) is 0.300. The predicted octanol–water partition coefficient (Wildman–Crippen LogP) is 3.90. The van der Waals surface area contributed by atoms with Crippen LogP contribution in [0.1, 0.15) is 39.7 Å². The van der Waals surface area contributed by atoms with E-state index in [1.165, 1.54) is 0 Å². The number of rotatable bonds is 10. The smallest absolute Gasteiger partial charge is 0.257 e. The van der Waals surface area contributed by atoms with Gasteiger partial charge in [0.2, 0.25) is 5.95 Å². The van der Waals surface area contributed by atoms with Crippen molar-refractivity contribution >= 4 is 23.2 Å². The van der Waals surface area contributed by atoms with Crippen LogP contribution in [0.5, 0.6) is 11.6 Å². The largest absolute Gasteiger partial charge is 0.487 e. The Bertz CT molecular complexity index is 1410. The minimum Gasteiger partial charge on any atom is -0.487 e. The molecule has 1 saturated heterocycles. The molecule has 1 saturated carbocycles. The van der Waals surface area contributed by atoms with E-state index < -0.39 is 0 Å². The van der Waals surface area contributed by atoms with Crippen LogP contribution in [0.2, 0.25) is 5.02 Å². The summed E-state index contributed by atoms with van der Waals surface area (Å²) >= 11 is 6.41. The van der Waals surface area contributed by atoms with Crippen molar-refractivity contribution < 1.29 is 9.47 Å². The molecule has 2 fully saturated rings. The molecular weight excluding hydrogens is 520 g/mol. The van der Waals surface area contributed by atoms with Gasteiger partial charge in [-0.2, -0.15) is 0 Å². The molecule has 1 atom stereocenters. The maximum Gasteiger partial charge on any atom is 0.257 e. The van der Waals surface area contributed by atoms with Crippen LogP contribution in [0, 0.1) is 5.41 Å². The van der Waals surface area contributed by atoms with Gasteiger partial charge in [0.15, 0.2) is 0 Å². The monoisotopic (exact) mass is 550 g/mol. The van der Waals surface area contributed by atoms with E-state index in [4.69, 9.17) is 26.2 Å². The topological polar surface area (TPSA) is 130 Å². The Kier molecular flexibility index (Phi) is 6.81. The standard InChI is InChI=1S/C26H31ClN10O2/c1-16(2)38-24-22(12-37(33-24)20-7-26(8-20)13-28-14-26)32-25-29-9-19(10-30-25)18-4-5-21(27)23(6-18)39-17(3)11-36-15-31-34-35-36/h4-6,9-10,12,15-17,20,28H,7-8,11,13-14H2,1-3H3,(H,29,30,32)/t17-/m0/s1. The fourth-order valence-corrected chi connectivity index (χ4v) is 5.23. The van der Waals surface area contributed by atoms with Crippen molar-refractivity contribution in [1.82, 2.24) is 45.3 Å². The number of aromatic nitrogens is 8. The summed E-state index contributed by atoms with van der Waals surface area (Å²) in [6.07, 6.45) is 9.15. The van der Waals surface area contributed by atoms with Crippen LogP contribution in [0.25, 0.3) is 11.1 Å². The van der Waals surface area contributed by atoms with Crippen LogP contribution >= 0.6 is 11.6 Å². The summed E-state index contributed by atoms with van der Waals surface area (Å²) < 4.78 is 15.7. The Morgan fingerprint density at radius 3 is 2.59 bits per heavy atom. The van der Waals surface area contributed by atoms with E-state index in [1.807, 2.05) is 43.8 Å². The third-order valence-corrected chi connectivity index (χ3v) is 7.40. The Balaban J connectivity index is 1.15. The van der Waals surface area contributed by atoms with Crippen LogP contribution in [0.4, 0.5) is 11.6 Å². The van der Waals surface area contributed by atoms with E-state index in [2.05, 4.69) is 36.1 Å². The van der Waals surface area contributed by atoms with E-state index in [-0.39, 0.29) is 12.2 Å². The molecule has 6 rings (SSSR count). The molecule has 0 radical (unpaired) electrons. The number of anilines is 2. The fraction of sp³-hybridized carbons (Fsp3) is 0.462. The van der Waals surface area contributed by atoms with Gasteiger partial charge in [-0.15, -0.1) is 10.2 Å². The molecule has 0 bridgehead atoms. The van der Waals surface area contributed by atoms with Crippen molar-refractivity contribution in [1.29, 1.82) is 0 Å². The fourth-order valence-electron chi connectivity index (χ4n) is 5.07. The molecule has 0 unspecified atom stereocenters. The lowest BCUT2D eigenvalue weighted by Crippen LogP contribution is -2.60. The second kappa shape index (κ2) is 10.4. The van der Waals surface area contributed by atoms with Crippen molar-refractivity contribution in [2.45, 2.75) is 58.4 Å². The predicted molar refractivity (Wildman–Crippen MR) is 145 cm³/mol. The molecule has 1 aliphatic heterocycles. The van der Waals surface area contributed by atoms with E-state index in [0.29, 0.717) is 40.6 Å². The zero-order valence-corrected chi connectivity index (χ0v) is 22.8. The first-order valence-electron chi connectivity index (χ1n) is 13.1. The van der Waals surface area contributed by atoms with Crippen molar-refractivity contribution in [3.05, 3.63) is 48.1 Å². The highest BCUT2D eigenvalue weighted by atomic mass is 35.5. The first-order valence-corrected chi connectivity index (χ1v) is 13.5. The van der Waals surface area contributed by atoms with E-state index in [0.717, 1.165) is 42.7 Å². The second-order valence-electron chi connectivity index (χ2n) is 10.7. The number of nitrogens with zero attached hydrogens (tertiary/aromatic N) is 8. The zero-order valence-electron chi connectivity index (χ0n) is 22.1. The van der Waals surface area contributed by atoms with Crippen molar-refractivity contribution in [3.8, 4) is 22.8 Å². The molecule has 1 aliphatic carbocycles. The average molecular weight is 551 g/mol. The minimum atomic E-state index is -0.192. The lowest BCUT2D eigenvalue weighted by atomic mass is 9.62. The van der Waals surface area contributed by atoms with E-state index in [9.17, 15) is 0 Å². The van der Waals surface area contributed by atoms with Crippen molar-refractivity contribution in [2.75, 3.05) is 18.4 Å². The molecule has 4 aromatic rings. The van der Waals surface area contributed by atoms with Crippen molar-refractivity contribution in [3.63, 3.8) is 0 Å². The van der Waals surface area contributed by atoms with Gasteiger partial charge in [-0.1, -0.05) is 17.7 Å². The average Bonchev–Trinajstić information content (AvgIpc) is 3.49. The van der Waals surface area contributed by atoms with Crippen LogP contribution in [0.3, 0.4) is 0 Å². The lowest BCUT2D eigenvalue weighted by Gasteiger charge is -2.54. The van der Waals surface area contributed by atoms with Gasteiger partial charge in [-0.05, 0) is 67.2 Å². The summed E-state index contributed by atoms with van der Waals surface area (Å²) in [7, 11) is 0. The maximum atomic E-state index is 6.41. The first kappa shape index (κ1) is 25.5. The molecule has 3 aromatic heterocycles. The highest BCUT2D eigenvalue weighted by Crippen LogP contribution is 2.51. The summed E-state index contributed by atoms with van der Waals surface area (Å²) in [5, 5.41) is 23.1. The van der Waals surface area contributed by atoms with Gasteiger partial charge >= 0.3 is 0 Å². The number of ether oxygens (including phenoxy) is 2. The molecule has 39 heavy (non-hydrogen) atoms. The molecule has 4 heterocycles. The Morgan fingerprint density at radius 1 is 1.13 bits per heavy atom. The second-order valence-corrected chi connectivity index (χ2v) is 11.1. The van der Waals surface area contributed by atoms with Gasteiger partial charge in [0.1, 0.15) is 23.9 Å². The molecule has 204 valence electrons. The molecule has 2 N–H and O–H groups in total. The Labute approximate surface area is 231 Å². The van der Waals surface area contributed by atoms with E-state index in [1.54, 1.807) is 29.5 Å². The molecule has 0 amide bonds. The maximum absolute atomic E-state index is 6.41. The summed E-state index contributed by atoms with van der Waals surface area (Å²) in [5.74, 6) is 1.58.